The first-order chi connectivity index (χ1) is 17.1. The summed E-state index contributed by atoms with van der Waals surface area (Å²) in [6.45, 7) is -0.740. The Morgan fingerprint density at radius 2 is 1.61 bits per heavy atom. The van der Waals surface area contributed by atoms with E-state index < -0.39 is 65.4 Å². The number of methoxy groups -OCH3 is 2. The van der Waals surface area contributed by atoms with Crippen LogP contribution in [0.2, 0.25) is 0 Å². The summed E-state index contributed by atoms with van der Waals surface area (Å²) in [6, 6.07) is 4.75. The van der Waals surface area contributed by atoms with E-state index in [1.165, 1.54) is 32.4 Å². The van der Waals surface area contributed by atoms with E-state index >= 15 is 0 Å². The smallest absolute Gasteiger partial charge is 0.239 e. The van der Waals surface area contributed by atoms with E-state index in [9.17, 15) is 40.5 Å². The normalized spacial score (nSPS) is 24.0. The molecule has 0 saturated carbocycles. The van der Waals surface area contributed by atoms with E-state index in [0.717, 1.165) is 6.07 Å². The van der Waals surface area contributed by atoms with Gasteiger partial charge in [-0.3, -0.25) is 4.79 Å². The second-order valence-electron chi connectivity index (χ2n) is 7.94. The Bertz CT molecular complexity index is 1330. The minimum absolute atomic E-state index is 0.000225. The molecule has 13 nitrogen and oxygen atoms in total. The van der Waals surface area contributed by atoms with Crippen molar-refractivity contribution in [3.05, 3.63) is 34.5 Å². The minimum Gasteiger partial charge on any atom is -0.507 e. The van der Waals surface area contributed by atoms with Crippen LogP contribution in [0, 0.1) is 0 Å². The molecule has 13 heteroatoms. The zero-order chi connectivity index (χ0) is 26.3. The quantitative estimate of drug-likeness (QED) is 0.230. The zero-order valence-corrected chi connectivity index (χ0v) is 19.0. The topological polar surface area (TPSA) is 209 Å². The lowest BCUT2D eigenvalue weighted by atomic mass is 9.99. The molecule has 1 saturated heterocycles. The van der Waals surface area contributed by atoms with Crippen molar-refractivity contribution in [1.29, 1.82) is 0 Å². The SMILES string of the molecule is COc1cc(-c2oc3c(OC)c(O)cc(O)c3c(=O)c2O[C@@H]2O[C@H](CO)[C@@H](O)[C@@H](O)[C@H]2O)ccc1O. The van der Waals surface area contributed by atoms with Crippen LogP contribution >= 0.6 is 0 Å². The molecule has 1 aliphatic rings. The second-order valence-corrected chi connectivity index (χ2v) is 7.94. The van der Waals surface area contributed by atoms with Crippen molar-refractivity contribution in [1.82, 2.24) is 0 Å². The van der Waals surface area contributed by atoms with Gasteiger partial charge in [-0.1, -0.05) is 0 Å². The summed E-state index contributed by atoms with van der Waals surface area (Å²) in [6.07, 6.45) is -8.42. The Balaban J connectivity index is 1.98. The van der Waals surface area contributed by atoms with Gasteiger partial charge >= 0.3 is 0 Å². The van der Waals surface area contributed by atoms with E-state index in [0.29, 0.717) is 0 Å². The van der Waals surface area contributed by atoms with Gasteiger partial charge in [0.1, 0.15) is 35.6 Å². The van der Waals surface area contributed by atoms with Crippen LogP contribution in [0.3, 0.4) is 0 Å². The number of phenolic OH excluding ortho intramolecular Hbond substituents is 3. The van der Waals surface area contributed by atoms with Crippen molar-refractivity contribution < 1.29 is 59.1 Å². The summed E-state index contributed by atoms with van der Waals surface area (Å²) >= 11 is 0. The molecule has 0 aliphatic carbocycles. The highest BCUT2D eigenvalue weighted by Crippen LogP contribution is 2.44. The Labute approximate surface area is 202 Å². The van der Waals surface area contributed by atoms with Crippen LogP contribution in [-0.4, -0.2) is 87.3 Å². The molecule has 5 atom stereocenters. The average molecular weight is 508 g/mol. The lowest BCUT2D eigenvalue weighted by molar-refractivity contribution is -0.277. The lowest BCUT2D eigenvalue weighted by Crippen LogP contribution is -2.60. The van der Waals surface area contributed by atoms with Gasteiger partial charge in [0.25, 0.3) is 0 Å². The van der Waals surface area contributed by atoms with Crippen LogP contribution in [-0.2, 0) is 4.74 Å². The summed E-state index contributed by atoms with van der Waals surface area (Å²) in [5.74, 6) is -2.62. The van der Waals surface area contributed by atoms with E-state index in [4.69, 9.17) is 23.4 Å². The van der Waals surface area contributed by atoms with E-state index in [-0.39, 0.29) is 34.2 Å². The fraction of sp³-hybridized carbons (Fsp3) is 0.348. The lowest BCUT2D eigenvalue weighted by Gasteiger charge is -2.39. The number of fused-ring (bicyclic) bond motifs is 1. The standard InChI is InChI=1S/C23H24O13/c1-32-12-5-8(3-4-9(12)25)19-22(36-23-18(31)17(30)15(28)13(7-24)34-23)16(29)14-10(26)6-11(27)20(33-2)21(14)35-19/h3-6,13,15,17-18,23-28,30-31H,7H2,1-2H3/t13-,15-,17-,18-,23+/m1/s1. The van der Waals surface area contributed by atoms with E-state index in [1.807, 2.05) is 0 Å². The van der Waals surface area contributed by atoms with Gasteiger partial charge in [0.2, 0.25) is 23.2 Å². The first-order valence-electron chi connectivity index (χ1n) is 10.6. The molecule has 194 valence electrons. The predicted octanol–water partition coefficient (Wildman–Crippen LogP) is -0.227. The van der Waals surface area contributed by atoms with Crippen molar-refractivity contribution in [3.63, 3.8) is 0 Å². The molecule has 0 unspecified atom stereocenters. The summed E-state index contributed by atoms with van der Waals surface area (Å²) in [4.78, 5) is 13.6. The first-order valence-corrected chi connectivity index (χ1v) is 10.6. The molecular formula is C23H24O13. The number of aromatic hydroxyl groups is 3. The fourth-order valence-corrected chi connectivity index (χ4v) is 3.89. The third-order valence-electron chi connectivity index (χ3n) is 5.77. The molecule has 0 bridgehead atoms. The number of aliphatic hydroxyl groups is 4. The Kier molecular flexibility index (Phi) is 6.84. The summed E-state index contributed by atoms with van der Waals surface area (Å²) in [5, 5.41) is 70.1. The first kappa shape index (κ1) is 25.3. The molecule has 1 aromatic heterocycles. The Morgan fingerprint density at radius 3 is 2.25 bits per heavy atom. The molecule has 1 fully saturated rings. The molecule has 36 heavy (non-hydrogen) atoms. The summed E-state index contributed by atoms with van der Waals surface area (Å²) in [5.41, 5.74) is -1.21. The maximum atomic E-state index is 13.6. The van der Waals surface area contributed by atoms with E-state index in [2.05, 4.69) is 0 Å². The number of hydrogen-bond acceptors (Lipinski definition) is 13. The molecular weight excluding hydrogens is 484 g/mol. The molecule has 1 aliphatic heterocycles. The van der Waals surface area contributed by atoms with Crippen molar-refractivity contribution in [2.45, 2.75) is 30.7 Å². The molecule has 7 N–H and O–H groups in total. The van der Waals surface area contributed by atoms with Crippen molar-refractivity contribution in [2.75, 3.05) is 20.8 Å². The number of benzene rings is 2. The number of aliphatic hydroxyl groups excluding tert-OH is 4. The van der Waals surface area contributed by atoms with Crippen LogP contribution in [0.4, 0.5) is 0 Å². The number of ether oxygens (including phenoxy) is 4. The van der Waals surface area contributed by atoms with Crippen molar-refractivity contribution >= 4 is 11.0 Å². The molecule has 0 radical (unpaired) electrons. The molecule has 2 heterocycles. The molecule has 4 rings (SSSR count). The fourth-order valence-electron chi connectivity index (χ4n) is 3.89. The van der Waals surface area contributed by atoms with Gasteiger partial charge in [-0.05, 0) is 18.2 Å². The van der Waals surface area contributed by atoms with Crippen LogP contribution < -0.4 is 19.6 Å². The third kappa shape index (κ3) is 4.12. The average Bonchev–Trinajstić information content (AvgIpc) is 2.85. The highest BCUT2D eigenvalue weighted by Gasteiger charge is 2.45. The zero-order valence-electron chi connectivity index (χ0n) is 19.0. The largest absolute Gasteiger partial charge is 0.507 e. The second kappa shape index (κ2) is 9.72. The predicted molar refractivity (Wildman–Crippen MR) is 120 cm³/mol. The highest BCUT2D eigenvalue weighted by atomic mass is 16.7. The van der Waals surface area contributed by atoms with Crippen LogP contribution in [0.15, 0.2) is 33.5 Å². The maximum Gasteiger partial charge on any atom is 0.239 e. The molecule has 3 aromatic rings. The van der Waals surface area contributed by atoms with Crippen molar-refractivity contribution in [2.24, 2.45) is 0 Å². The van der Waals surface area contributed by atoms with Gasteiger partial charge in [-0.2, -0.15) is 0 Å². The van der Waals surface area contributed by atoms with E-state index in [1.54, 1.807) is 0 Å². The maximum absolute atomic E-state index is 13.6. The van der Waals surface area contributed by atoms with Crippen LogP contribution in [0.1, 0.15) is 0 Å². The minimum atomic E-state index is -1.86. The molecule has 2 aromatic carbocycles. The number of phenols is 3. The molecule has 0 spiro atoms. The van der Waals surface area contributed by atoms with Gasteiger partial charge in [-0.25, -0.2) is 0 Å². The Morgan fingerprint density at radius 1 is 0.889 bits per heavy atom. The highest BCUT2D eigenvalue weighted by molar-refractivity contribution is 5.93. The van der Waals surface area contributed by atoms with Crippen molar-refractivity contribution in [3.8, 4) is 45.8 Å². The van der Waals surface area contributed by atoms with Gasteiger partial charge in [0, 0.05) is 11.6 Å². The van der Waals surface area contributed by atoms with Crippen LogP contribution in [0.25, 0.3) is 22.3 Å². The number of rotatable bonds is 6. The Hall–Kier alpha value is -3.75. The molecule has 0 amide bonds. The van der Waals surface area contributed by atoms with Gasteiger partial charge in [0.15, 0.2) is 28.6 Å². The van der Waals surface area contributed by atoms with Gasteiger partial charge in [-0.15, -0.1) is 0 Å². The third-order valence-corrected chi connectivity index (χ3v) is 5.77. The number of hydrogen-bond donors (Lipinski definition) is 7. The summed E-state index contributed by atoms with van der Waals surface area (Å²) in [7, 11) is 2.49. The van der Waals surface area contributed by atoms with Gasteiger partial charge < -0.3 is 59.1 Å². The summed E-state index contributed by atoms with van der Waals surface area (Å²) < 4.78 is 27.1. The van der Waals surface area contributed by atoms with Gasteiger partial charge in [0.05, 0.1) is 20.8 Å². The van der Waals surface area contributed by atoms with Crippen LogP contribution in [0.5, 0.6) is 34.5 Å². The monoisotopic (exact) mass is 508 g/mol.